The molecule has 2 rings (SSSR count). The van der Waals surface area contributed by atoms with Crippen molar-refractivity contribution in [3.05, 3.63) is 35.4 Å². The number of hydrogen-bond acceptors (Lipinski definition) is 3. The van der Waals surface area contributed by atoms with E-state index in [-0.39, 0.29) is 12.1 Å². The second kappa shape index (κ2) is 6.32. The van der Waals surface area contributed by atoms with Crippen LogP contribution in [0.25, 0.3) is 0 Å². The summed E-state index contributed by atoms with van der Waals surface area (Å²) in [6.07, 6.45) is 5.16. The van der Waals surface area contributed by atoms with E-state index in [1.54, 1.807) is 7.11 Å². The molecule has 1 aliphatic carbocycles. The Morgan fingerprint density at radius 3 is 2.44 bits per heavy atom. The fourth-order valence-corrected chi connectivity index (χ4v) is 2.47. The molecule has 0 aliphatic heterocycles. The topological polar surface area (TPSA) is 47.3 Å². The number of hydrazine groups is 1. The van der Waals surface area contributed by atoms with Crippen molar-refractivity contribution >= 4 is 0 Å². The Labute approximate surface area is 110 Å². The molecule has 0 saturated heterocycles. The molecule has 3 N–H and O–H groups in total. The summed E-state index contributed by atoms with van der Waals surface area (Å²) in [6, 6.07) is 9.05. The molecule has 1 aromatic rings. The molecule has 0 spiro atoms. The predicted octanol–water partition coefficient (Wildman–Crippen LogP) is 2.88. The maximum absolute atomic E-state index is 5.64. The van der Waals surface area contributed by atoms with E-state index in [0.717, 1.165) is 12.3 Å². The molecule has 0 amide bonds. The Kier molecular flexibility index (Phi) is 4.75. The van der Waals surface area contributed by atoms with Gasteiger partial charge in [-0.1, -0.05) is 30.7 Å². The normalized spacial score (nSPS) is 19.3. The van der Waals surface area contributed by atoms with Crippen LogP contribution in [0.15, 0.2) is 24.3 Å². The monoisotopic (exact) mass is 248 g/mol. The summed E-state index contributed by atoms with van der Waals surface area (Å²) in [5.41, 5.74) is 5.59. The van der Waals surface area contributed by atoms with E-state index in [2.05, 4.69) is 36.6 Å². The Hall–Kier alpha value is -0.900. The van der Waals surface area contributed by atoms with Gasteiger partial charge < -0.3 is 4.74 Å². The van der Waals surface area contributed by atoms with E-state index < -0.39 is 0 Å². The summed E-state index contributed by atoms with van der Waals surface area (Å²) in [5, 5.41) is 0. The van der Waals surface area contributed by atoms with E-state index in [1.165, 1.54) is 30.4 Å². The van der Waals surface area contributed by atoms with Crippen LogP contribution in [-0.2, 0) is 4.74 Å². The van der Waals surface area contributed by atoms with Gasteiger partial charge in [-0.2, -0.15) is 0 Å². The first-order valence-electron chi connectivity index (χ1n) is 6.83. The number of nitrogens with two attached hydrogens (primary N) is 1. The van der Waals surface area contributed by atoms with Crippen molar-refractivity contribution in [1.29, 1.82) is 0 Å². The fraction of sp³-hybridized carbons (Fsp3) is 0.600. The Morgan fingerprint density at radius 1 is 1.33 bits per heavy atom. The molecule has 1 aliphatic rings. The van der Waals surface area contributed by atoms with Gasteiger partial charge in [0.2, 0.25) is 0 Å². The maximum Gasteiger partial charge on any atom is 0.0561 e. The predicted molar refractivity (Wildman–Crippen MR) is 74.2 cm³/mol. The van der Waals surface area contributed by atoms with Crippen LogP contribution in [0.3, 0.4) is 0 Å². The lowest BCUT2D eigenvalue weighted by atomic mass is 9.80. The van der Waals surface area contributed by atoms with Crippen molar-refractivity contribution in [3.63, 3.8) is 0 Å². The van der Waals surface area contributed by atoms with Gasteiger partial charge in [0.1, 0.15) is 0 Å². The second-order valence-electron chi connectivity index (χ2n) is 5.30. The highest BCUT2D eigenvalue weighted by Crippen LogP contribution is 2.36. The average Bonchev–Trinajstić information content (AvgIpc) is 2.34. The van der Waals surface area contributed by atoms with Crippen LogP contribution >= 0.6 is 0 Å². The van der Waals surface area contributed by atoms with Gasteiger partial charge in [0, 0.05) is 13.2 Å². The molecule has 0 heterocycles. The largest absolute Gasteiger partial charge is 0.382 e. The quantitative estimate of drug-likeness (QED) is 0.601. The van der Waals surface area contributed by atoms with E-state index >= 15 is 0 Å². The van der Waals surface area contributed by atoms with Crippen molar-refractivity contribution in [3.8, 4) is 0 Å². The first-order chi connectivity index (χ1) is 8.74. The Morgan fingerprint density at radius 2 is 2.00 bits per heavy atom. The van der Waals surface area contributed by atoms with Crippen molar-refractivity contribution < 1.29 is 4.74 Å². The molecule has 0 radical (unpaired) electrons. The van der Waals surface area contributed by atoms with Crippen molar-refractivity contribution in [1.82, 2.24) is 5.43 Å². The summed E-state index contributed by atoms with van der Waals surface area (Å²) < 4.78 is 5.30. The molecule has 1 fully saturated rings. The highest BCUT2D eigenvalue weighted by molar-refractivity contribution is 5.28. The summed E-state index contributed by atoms with van der Waals surface area (Å²) in [4.78, 5) is 0. The van der Waals surface area contributed by atoms with Crippen LogP contribution in [0, 0.1) is 0 Å². The first kappa shape index (κ1) is 13.5. The van der Waals surface area contributed by atoms with Crippen LogP contribution in [0.4, 0.5) is 0 Å². The molecular formula is C15H24N2O. The molecule has 3 heteroatoms. The van der Waals surface area contributed by atoms with Gasteiger partial charge in [-0.3, -0.25) is 11.3 Å². The number of hydrogen-bond donors (Lipinski definition) is 2. The highest BCUT2D eigenvalue weighted by Gasteiger charge is 2.20. The Balaban J connectivity index is 2.01. The Bertz CT molecular complexity index is 359. The minimum atomic E-state index is 0.162. The molecule has 3 nitrogen and oxygen atoms in total. The summed E-state index contributed by atoms with van der Waals surface area (Å²) >= 11 is 0. The summed E-state index contributed by atoms with van der Waals surface area (Å²) in [5.74, 6) is 6.43. The molecule has 0 aromatic heterocycles. The minimum Gasteiger partial charge on any atom is -0.382 e. The standard InChI is InChI=1S/C15H24N2O/c1-11(18-2)10-15(17-16)14-8-6-13(7-9-14)12-4-3-5-12/h6-9,11-12,15,17H,3-5,10,16H2,1-2H3. The lowest BCUT2D eigenvalue weighted by Crippen LogP contribution is -2.30. The van der Waals surface area contributed by atoms with Crippen LogP contribution in [0.5, 0.6) is 0 Å². The molecule has 0 bridgehead atoms. The van der Waals surface area contributed by atoms with Gasteiger partial charge >= 0.3 is 0 Å². The first-order valence-corrected chi connectivity index (χ1v) is 6.83. The third kappa shape index (κ3) is 3.10. The van der Waals surface area contributed by atoms with E-state index in [9.17, 15) is 0 Å². The lowest BCUT2D eigenvalue weighted by Gasteiger charge is -2.26. The molecule has 1 aromatic carbocycles. The van der Waals surface area contributed by atoms with E-state index in [1.807, 2.05) is 0 Å². The lowest BCUT2D eigenvalue weighted by molar-refractivity contribution is 0.100. The molecule has 18 heavy (non-hydrogen) atoms. The van der Waals surface area contributed by atoms with E-state index in [4.69, 9.17) is 10.6 Å². The zero-order chi connectivity index (χ0) is 13.0. The van der Waals surface area contributed by atoms with Gasteiger partial charge in [-0.05, 0) is 43.2 Å². The minimum absolute atomic E-state index is 0.162. The van der Waals surface area contributed by atoms with E-state index in [0.29, 0.717) is 0 Å². The SMILES string of the molecule is COC(C)CC(NN)c1ccc(C2CCC2)cc1. The van der Waals surface area contributed by atoms with Crippen LogP contribution in [0.1, 0.15) is 55.7 Å². The average molecular weight is 248 g/mol. The van der Waals surface area contributed by atoms with Gasteiger partial charge in [-0.15, -0.1) is 0 Å². The molecule has 1 saturated carbocycles. The second-order valence-corrected chi connectivity index (χ2v) is 5.30. The molecular weight excluding hydrogens is 224 g/mol. The van der Waals surface area contributed by atoms with Crippen molar-refractivity contribution in [2.24, 2.45) is 5.84 Å². The smallest absolute Gasteiger partial charge is 0.0561 e. The third-order valence-corrected chi connectivity index (χ3v) is 4.09. The molecule has 100 valence electrons. The zero-order valence-corrected chi connectivity index (χ0v) is 11.4. The number of nitrogens with one attached hydrogen (secondary N) is 1. The van der Waals surface area contributed by atoms with Gasteiger partial charge in [0.05, 0.1) is 6.10 Å². The zero-order valence-electron chi connectivity index (χ0n) is 11.4. The van der Waals surface area contributed by atoms with Gasteiger partial charge in [-0.25, -0.2) is 0 Å². The van der Waals surface area contributed by atoms with Crippen molar-refractivity contribution in [2.45, 2.75) is 50.7 Å². The van der Waals surface area contributed by atoms with Gasteiger partial charge in [0.25, 0.3) is 0 Å². The third-order valence-electron chi connectivity index (χ3n) is 4.09. The fourth-order valence-electron chi connectivity index (χ4n) is 2.47. The van der Waals surface area contributed by atoms with Gasteiger partial charge in [0.15, 0.2) is 0 Å². The van der Waals surface area contributed by atoms with Crippen molar-refractivity contribution in [2.75, 3.05) is 7.11 Å². The highest BCUT2D eigenvalue weighted by atomic mass is 16.5. The van der Waals surface area contributed by atoms with Crippen LogP contribution in [0.2, 0.25) is 0 Å². The number of benzene rings is 1. The summed E-state index contributed by atoms with van der Waals surface area (Å²) in [7, 11) is 1.73. The maximum atomic E-state index is 5.64. The summed E-state index contributed by atoms with van der Waals surface area (Å²) in [6.45, 7) is 2.06. The van der Waals surface area contributed by atoms with Crippen LogP contribution < -0.4 is 11.3 Å². The number of methoxy groups -OCH3 is 1. The number of rotatable bonds is 6. The molecule has 2 atom stereocenters. The number of ether oxygens (including phenoxy) is 1. The molecule has 2 unspecified atom stereocenters. The van der Waals surface area contributed by atoms with Crippen LogP contribution in [-0.4, -0.2) is 13.2 Å².